The molecular formula is C22H32N2O3S. The van der Waals surface area contributed by atoms with Gasteiger partial charge >= 0.3 is 0 Å². The summed E-state index contributed by atoms with van der Waals surface area (Å²) in [5.74, 6) is 0.0569. The van der Waals surface area contributed by atoms with E-state index in [2.05, 4.69) is 11.4 Å². The number of amides is 1. The Hall–Kier alpha value is -1.66. The summed E-state index contributed by atoms with van der Waals surface area (Å²) in [6, 6.07) is 7.01. The second-order valence-corrected chi connectivity index (χ2v) is 9.75. The van der Waals surface area contributed by atoms with Gasteiger partial charge in [-0.05, 0) is 69.1 Å². The number of nitrogens with zero attached hydrogens (tertiary/aromatic N) is 1. The zero-order valence-electron chi connectivity index (χ0n) is 16.7. The maximum Gasteiger partial charge on any atom is 0.243 e. The van der Waals surface area contributed by atoms with Crippen LogP contribution in [0.2, 0.25) is 0 Å². The number of hydrogen-bond acceptors (Lipinski definition) is 3. The van der Waals surface area contributed by atoms with Crippen LogP contribution in [0.1, 0.15) is 63.4 Å². The van der Waals surface area contributed by atoms with E-state index >= 15 is 0 Å². The zero-order valence-corrected chi connectivity index (χ0v) is 17.5. The lowest BCUT2D eigenvalue weighted by Crippen LogP contribution is -2.35. The molecule has 1 aromatic rings. The fourth-order valence-electron chi connectivity index (χ4n) is 3.92. The van der Waals surface area contributed by atoms with Gasteiger partial charge in [-0.3, -0.25) is 4.79 Å². The fraction of sp³-hybridized carbons (Fsp3) is 0.591. The third kappa shape index (κ3) is 5.92. The maximum absolute atomic E-state index is 12.7. The van der Waals surface area contributed by atoms with Crippen LogP contribution < -0.4 is 5.32 Å². The van der Waals surface area contributed by atoms with Crippen molar-refractivity contribution in [3.8, 4) is 0 Å². The van der Waals surface area contributed by atoms with E-state index in [1.54, 1.807) is 16.4 Å². The summed E-state index contributed by atoms with van der Waals surface area (Å²) in [7, 11) is -3.38. The average molecular weight is 405 g/mol. The topological polar surface area (TPSA) is 66.5 Å². The molecule has 3 rings (SSSR count). The highest BCUT2D eigenvalue weighted by molar-refractivity contribution is 7.89. The maximum atomic E-state index is 12.7. The smallest absolute Gasteiger partial charge is 0.243 e. The van der Waals surface area contributed by atoms with E-state index in [4.69, 9.17) is 0 Å². The van der Waals surface area contributed by atoms with E-state index in [0.717, 1.165) is 31.2 Å². The molecule has 28 heavy (non-hydrogen) atoms. The van der Waals surface area contributed by atoms with Crippen LogP contribution in [0.15, 0.2) is 40.8 Å². The van der Waals surface area contributed by atoms with Gasteiger partial charge in [-0.15, -0.1) is 0 Å². The molecule has 1 heterocycles. The number of rotatable bonds is 8. The molecule has 0 radical (unpaired) electrons. The number of sulfonamides is 1. The van der Waals surface area contributed by atoms with Crippen LogP contribution >= 0.6 is 0 Å². The molecular weight excluding hydrogens is 372 g/mol. The van der Waals surface area contributed by atoms with Gasteiger partial charge in [0, 0.05) is 26.1 Å². The highest BCUT2D eigenvalue weighted by Crippen LogP contribution is 2.21. The van der Waals surface area contributed by atoms with Crippen molar-refractivity contribution in [3.05, 3.63) is 41.5 Å². The van der Waals surface area contributed by atoms with E-state index in [0.29, 0.717) is 37.4 Å². The van der Waals surface area contributed by atoms with Gasteiger partial charge in [0.25, 0.3) is 0 Å². The minimum absolute atomic E-state index is 0.0569. The van der Waals surface area contributed by atoms with Crippen molar-refractivity contribution < 1.29 is 13.2 Å². The van der Waals surface area contributed by atoms with Gasteiger partial charge in [0.2, 0.25) is 15.9 Å². The third-order valence-electron chi connectivity index (χ3n) is 5.67. The highest BCUT2D eigenvalue weighted by Gasteiger charge is 2.25. The Labute approximate surface area is 169 Å². The SMILES string of the molecule is O=C(CCc1ccc(S(=O)(=O)N2CCCCC2)cc1)NCCC1=CCCCC1. The molecule has 0 aromatic heterocycles. The summed E-state index contributed by atoms with van der Waals surface area (Å²) in [5.41, 5.74) is 2.46. The number of aryl methyl sites for hydroxylation is 1. The van der Waals surface area contributed by atoms with Gasteiger partial charge in [0.15, 0.2) is 0 Å². The lowest BCUT2D eigenvalue weighted by atomic mass is 9.97. The Bertz CT molecular complexity index is 779. The van der Waals surface area contributed by atoms with Crippen LogP contribution in [0.5, 0.6) is 0 Å². The predicted molar refractivity (Wildman–Crippen MR) is 112 cm³/mol. The summed E-state index contributed by atoms with van der Waals surface area (Å²) in [6.07, 6.45) is 12.2. The number of allylic oxidation sites excluding steroid dienone is 1. The Morgan fingerprint density at radius 2 is 1.71 bits per heavy atom. The molecule has 1 amide bonds. The van der Waals surface area contributed by atoms with E-state index in [9.17, 15) is 13.2 Å². The number of benzene rings is 1. The second kappa shape index (κ2) is 10.2. The molecule has 1 N–H and O–H groups in total. The first-order valence-corrected chi connectivity index (χ1v) is 12.0. The first-order valence-electron chi connectivity index (χ1n) is 10.6. The van der Waals surface area contributed by atoms with Gasteiger partial charge in [-0.2, -0.15) is 4.31 Å². The lowest BCUT2D eigenvalue weighted by molar-refractivity contribution is -0.121. The van der Waals surface area contributed by atoms with Crippen LogP contribution in [0.3, 0.4) is 0 Å². The number of carbonyl (C=O) groups is 1. The van der Waals surface area contributed by atoms with Gasteiger partial charge in [-0.25, -0.2) is 8.42 Å². The van der Waals surface area contributed by atoms with Crippen molar-refractivity contribution in [2.75, 3.05) is 19.6 Å². The molecule has 0 bridgehead atoms. The predicted octanol–water partition coefficient (Wildman–Crippen LogP) is 3.80. The summed E-state index contributed by atoms with van der Waals surface area (Å²) in [5, 5.41) is 3.00. The Morgan fingerprint density at radius 3 is 2.39 bits per heavy atom. The van der Waals surface area contributed by atoms with Gasteiger partial charge < -0.3 is 5.32 Å². The van der Waals surface area contributed by atoms with Crippen LogP contribution in [-0.2, 0) is 21.2 Å². The molecule has 2 aliphatic rings. The fourth-order valence-corrected chi connectivity index (χ4v) is 5.44. The number of hydrogen-bond donors (Lipinski definition) is 1. The molecule has 0 spiro atoms. The van der Waals surface area contributed by atoms with Crippen LogP contribution in [0.4, 0.5) is 0 Å². The zero-order chi connectivity index (χ0) is 19.8. The molecule has 1 fully saturated rings. The van der Waals surface area contributed by atoms with Crippen molar-refractivity contribution >= 4 is 15.9 Å². The average Bonchev–Trinajstić information content (AvgIpc) is 2.74. The first-order chi connectivity index (χ1) is 13.6. The van der Waals surface area contributed by atoms with Crippen molar-refractivity contribution in [3.63, 3.8) is 0 Å². The number of carbonyl (C=O) groups excluding carboxylic acids is 1. The van der Waals surface area contributed by atoms with Gasteiger partial charge in [-0.1, -0.05) is 30.2 Å². The molecule has 1 saturated heterocycles. The monoisotopic (exact) mass is 404 g/mol. The first kappa shape index (κ1) is 21.1. The Morgan fingerprint density at radius 1 is 0.964 bits per heavy atom. The number of piperidine rings is 1. The van der Waals surface area contributed by atoms with E-state index < -0.39 is 10.0 Å². The summed E-state index contributed by atoms with van der Waals surface area (Å²) in [4.78, 5) is 12.4. The molecule has 5 nitrogen and oxygen atoms in total. The Balaban J connectivity index is 1.43. The Kier molecular flexibility index (Phi) is 7.68. The van der Waals surface area contributed by atoms with Crippen LogP contribution in [0.25, 0.3) is 0 Å². The van der Waals surface area contributed by atoms with E-state index in [1.807, 2.05) is 12.1 Å². The molecule has 0 saturated carbocycles. The van der Waals surface area contributed by atoms with Crippen molar-refractivity contribution in [1.29, 1.82) is 0 Å². The molecule has 0 unspecified atom stereocenters. The molecule has 6 heteroatoms. The molecule has 1 aromatic carbocycles. The number of nitrogens with one attached hydrogen (secondary N) is 1. The molecule has 1 aliphatic carbocycles. The normalized spacial score (nSPS) is 18.5. The quantitative estimate of drug-likeness (QED) is 0.670. The second-order valence-electron chi connectivity index (χ2n) is 7.82. The van der Waals surface area contributed by atoms with Crippen molar-refractivity contribution in [2.45, 2.75) is 69.1 Å². The lowest BCUT2D eigenvalue weighted by Gasteiger charge is -2.25. The molecule has 1 aliphatic heterocycles. The minimum atomic E-state index is -3.38. The van der Waals surface area contributed by atoms with Crippen molar-refractivity contribution in [2.24, 2.45) is 0 Å². The van der Waals surface area contributed by atoms with Crippen LogP contribution in [0, 0.1) is 0 Å². The standard InChI is InChI=1S/C22H32N2O3S/c25-22(23-16-15-19-7-3-1-4-8-19)14-11-20-9-12-21(13-10-20)28(26,27)24-17-5-2-6-18-24/h7,9-10,12-13H,1-6,8,11,14-18H2,(H,23,25). The molecule has 0 atom stereocenters. The minimum Gasteiger partial charge on any atom is -0.356 e. The third-order valence-corrected chi connectivity index (χ3v) is 7.58. The van der Waals surface area contributed by atoms with E-state index in [1.165, 1.54) is 31.3 Å². The summed E-state index contributed by atoms with van der Waals surface area (Å²) < 4.78 is 26.9. The van der Waals surface area contributed by atoms with Crippen LogP contribution in [-0.4, -0.2) is 38.3 Å². The molecule has 154 valence electrons. The van der Waals surface area contributed by atoms with E-state index in [-0.39, 0.29) is 5.91 Å². The summed E-state index contributed by atoms with van der Waals surface area (Å²) >= 11 is 0. The van der Waals surface area contributed by atoms with Gasteiger partial charge in [0.1, 0.15) is 0 Å². The van der Waals surface area contributed by atoms with Crippen molar-refractivity contribution in [1.82, 2.24) is 9.62 Å². The largest absolute Gasteiger partial charge is 0.356 e. The van der Waals surface area contributed by atoms with Gasteiger partial charge in [0.05, 0.1) is 4.90 Å². The highest BCUT2D eigenvalue weighted by atomic mass is 32.2. The summed E-state index contributed by atoms with van der Waals surface area (Å²) in [6.45, 7) is 1.93.